The summed E-state index contributed by atoms with van der Waals surface area (Å²) in [5.41, 5.74) is 5.07. The van der Waals surface area contributed by atoms with E-state index < -0.39 is 5.60 Å². The van der Waals surface area contributed by atoms with Gasteiger partial charge in [-0.05, 0) is 78.9 Å². The first-order chi connectivity index (χ1) is 17.8. The van der Waals surface area contributed by atoms with Gasteiger partial charge < -0.3 is 15.3 Å². The molecule has 6 nitrogen and oxygen atoms in total. The largest absolute Gasteiger partial charge is 0.386 e. The minimum Gasteiger partial charge on any atom is -0.386 e. The molecule has 1 aliphatic rings. The smallest absolute Gasteiger partial charge is 0.256 e. The van der Waals surface area contributed by atoms with Gasteiger partial charge in [-0.1, -0.05) is 48.5 Å². The Morgan fingerprint density at radius 2 is 1.76 bits per heavy atom. The van der Waals surface area contributed by atoms with E-state index in [0.29, 0.717) is 23.4 Å². The molecular weight excluding hydrogens is 462 g/mol. The Morgan fingerprint density at radius 1 is 0.973 bits per heavy atom. The van der Waals surface area contributed by atoms with Crippen LogP contribution in [0.15, 0.2) is 91.1 Å². The summed E-state index contributed by atoms with van der Waals surface area (Å²) in [5.74, 6) is -0.254. The summed E-state index contributed by atoms with van der Waals surface area (Å²) in [7, 11) is 0. The summed E-state index contributed by atoms with van der Waals surface area (Å²) in [6.45, 7) is 4.01. The van der Waals surface area contributed by atoms with Crippen LogP contribution in [-0.4, -0.2) is 28.4 Å². The monoisotopic (exact) mass is 491 g/mol. The van der Waals surface area contributed by atoms with Crippen molar-refractivity contribution in [1.29, 1.82) is 0 Å². The number of carbonyl (C=O) groups excluding carboxylic acids is 2. The second-order valence-corrected chi connectivity index (χ2v) is 9.78. The highest BCUT2D eigenvalue weighted by Gasteiger charge is 2.26. The number of rotatable bonds is 6. The summed E-state index contributed by atoms with van der Waals surface area (Å²) < 4.78 is 0. The van der Waals surface area contributed by atoms with Crippen LogP contribution in [0.3, 0.4) is 0 Å². The third-order valence-corrected chi connectivity index (χ3v) is 6.65. The Balaban J connectivity index is 1.39. The summed E-state index contributed by atoms with van der Waals surface area (Å²) in [6, 6.07) is 26.4. The molecule has 0 atom stereocenters. The van der Waals surface area contributed by atoms with Crippen molar-refractivity contribution in [2.45, 2.75) is 32.3 Å². The molecular formula is C31H29N3O3. The Hall–Kier alpha value is -4.29. The van der Waals surface area contributed by atoms with E-state index in [0.717, 1.165) is 34.5 Å². The third-order valence-electron chi connectivity index (χ3n) is 6.65. The van der Waals surface area contributed by atoms with Crippen molar-refractivity contribution in [3.63, 3.8) is 0 Å². The summed E-state index contributed by atoms with van der Waals surface area (Å²) in [6.07, 6.45) is 2.66. The van der Waals surface area contributed by atoms with Gasteiger partial charge in [-0.15, -0.1) is 0 Å². The molecule has 0 saturated heterocycles. The summed E-state index contributed by atoms with van der Waals surface area (Å²) in [4.78, 5) is 32.5. The lowest BCUT2D eigenvalue weighted by atomic mass is 9.91. The van der Waals surface area contributed by atoms with Crippen molar-refractivity contribution < 1.29 is 14.7 Å². The van der Waals surface area contributed by atoms with Crippen LogP contribution < -0.4 is 10.2 Å². The van der Waals surface area contributed by atoms with E-state index in [9.17, 15) is 14.7 Å². The second-order valence-electron chi connectivity index (χ2n) is 9.78. The minimum atomic E-state index is -1.08. The van der Waals surface area contributed by atoms with Crippen LogP contribution >= 0.6 is 0 Å². The molecule has 0 unspecified atom stereocenters. The molecule has 2 amide bonds. The zero-order valence-electron chi connectivity index (χ0n) is 20.9. The van der Waals surface area contributed by atoms with Crippen LogP contribution in [0.5, 0.6) is 0 Å². The van der Waals surface area contributed by atoms with Gasteiger partial charge in [-0.2, -0.15) is 0 Å². The van der Waals surface area contributed by atoms with Gasteiger partial charge in [0.15, 0.2) is 0 Å². The average Bonchev–Trinajstić information content (AvgIpc) is 3.32. The van der Waals surface area contributed by atoms with E-state index >= 15 is 0 Å². The van der Waals surface area contributed by atoms with E-state index in [2.05, 4.69) is 10.3 Å². The fourth-order valence-corrected chi connectivity index (χ4v) is 4.67. The average molecular weight is 492 g/mol. The molecule has 6 heteroatoms. The van der Waals surface area contributed by atoms with Crippen LogP contribution in [0.4, 0.5) is 11.4 Å². The predicted octanol–water partition coefficient (Wildman–Crippen LogP) is 5.36. The van der Waals surface area contributed by atoms with Crippen molar-refractivity contribution in [3.05, 3.63) is 114 Å². The van der Waals surface area contributed by atoms with Crippen LogP contribution in [0.1, 0.15) is 41.0 Å². The molecule has 0 spiro atoms. The highest BCUT2D eigenvalue weighted by molar-refractivity contribution is 6.09. The number of nitrogens with one attached hydrogen (secondary N) is 1. The molecule has 186 valence electrons. The quantitative estimate of drug-likeness (QED) is 0.380. The number of benzene rings is 3. The maximum atomic E-state index is 13.5. The Morgan fingerprint density at radius 3 is 2.49 bits per heavy atom. The maximum Gasteiger partial charge on any atom is 0.256 e. The first kappa shape index (κ1) is 24.4. The minimum absolute atomic E-state index is 0.00479. The Kier molecular flexibility index (Phi) is 6.59. The number of anilines is 2. The lowest BCUT2D eigenvalue weighted by Gasteiger charge is -2.20. The number of hydrogen-bond donors (Lipinski definition) is 2. The number of amides is 2. The van der Waals surface area contributed by atoms with Gasteiger partial charge in [-0.25, -0.2) is 0 Å². The van der Waals surface area contributed by atoms with Crippen molar-refractivity contribution in [3.8, 4) is 11.1 Å². The third kappa shape index (κ3) is 5.29. The zero-order valence-corrected chi connectivity index (χ0v) is 20.9. The molecule has 0 aliphatic carbocycles. The van der Waals surface area contributed by atoms with Gasteiger partial charge in [-0.3, -0.25) is 14.6 Å². The van der Waals surface area contributed by atoms with Crippen LogP contribution in [0.25, 0.3) is 11.1 Å². The van der Waals surface area contributed by atoms with E-state index in [1.807, 2.05) is 78.9 Å². The van der Waals surface area contributed by atoms with Gasteiger partial charge in [0.2, 0.25) is 5.91 Å². The number of pyridine rings is 1. The molecule has 1 aliphatic heterocycles. The van der Waals surface area contributed by atoms with E-state index in [4.69, 9.17) is 0 Å². The maximum absolute atomic E-state index is 13.5. The van der Waals surface area contributed by atoms with Gasteiger partial charge >= 0.3 is 0 Å². The number of fused-ring (bicyclic) bond motifs is 1. The molecule has 3 aromatic carbocycles. The first-order valence-corrected chi connectivity index (χ1v) is 12.4. The predicted molar refractivity (Wildman–Crippen MR) is 146 cm³/mol. The fourth-order valence-electron chi connectivity index (χ4n) is 4.67. The van der Waals surface area contributed by atoms with Gasteiger partial charge in [0, 0.05) is 35.4 Å². The molecule has 0 saturated carbocycles. The molecule has 0 fully saturated rings. The normalized spacial score (nSPS) is 12.8. The molecule has 0 radical (unpaired) electrons. The Labute approximate surface area is 216 Å². The van der Waals surface area contributed by atoms with Crippen molar-refractivity contribution >= 4 is 23.2 Å². The molecule has 1 aromatic heterocycles. The highest BCUT2D eigenvalue weighted by atomic mass is 16.3. The van der Waals surface area contributed by atoms with Crippen molar-refractivity contribution in [2.75, 3.05) is 16.8 Å². The summed E-state index contributed by atoms with van der Waals surface area (Å²) >= 11 is 0. The standard InChI is InChI=1S/C31H29N3O3/c1-31(2,37)23-11-13-26(21-8-4-3-5-9-21)27(19-23)30(36)33-25-12-14-28-22(18-25)15-17-34(28)29(35)20-24-10-6-7-16-32-24/h3-14,16,18-19,37H,15,17,20H2,1-2H3,(H,33,36). The SMILES string of the molecule is CC(C)(O)c1ccc(-c2ccccc2)c(C(=O)Nc2ccc3c(c2)CCN3C(=O)Cc2ccccn2)c1. The van der Waals surface area contributed by atoms with Gasteiger partial charge in [0.05, 0.1) is 12.0 Å². The molecule has 4 aromatic rings. The lowest BCUT2D eigenvalue weighted by molar-refractivity contribution is -0.117. The lowest BCUT2D eigenvalue weighted by Crippen LogP contribution is -2.30. The van der Waals surface area contributed by atoms with Gasteiger partial charge in [0.1, 0.15) is 0 Å². The topological polar surface area (TPSA) is 82.5 Å². The molecule has 37 heavy (non-hydrogen) atoms. The van der Waals surface area contributed by atoms with E-state index in [-0.39, 0.29) is 18.2 Å². The molecule has 2 heterocycles. The number of hydrogen-bond acceptors (Lipinski definition) is 4. The highest BCUT2D eigenvalue weighted by Crippen LogP contribution is 2.33. The second kappa shape index (κ2) is 9.99. The van der Waals surface area contributed by atoms with Crippen molar-refractivity contribution in [1.82, 2.24) is 4.98 Å². The Bertz CT molecular complexity index is 1440. The number of nitrogens with zero attached hydrogens (tertiary/aromatic N) is 2. The first-order valence-electron chi connectivity index (χ1n) is 12.4. The summed E-state index contributed by atoms with van der Waals surface area (Å²) in [5, 5.41) is 13.6. The van der Waals surface area contributed by atoms with E-state index in [1.165, 1.54) is 0 Å². The number of aromatic nitrogens is 1. The van der Waals surface area contributed by atoms with Crippen LogP contribution in [0, 0.1) is 0 Å². The molecule has 2 N–H and O–H groups in total. The zero-order chi connectivity index (χ0) is 26.0. The van der Waals surface area contributed by atoms with Crippen molar-refractivity contribution in [2.24, 2.45) is 0 Å². The fraction of sp³-hybridized carbons (Fsp3) is 0.194. The van der Waals surface area contributed by atoms with Gasteiger partial charge in [0.25, 0.3) is 5.91 Å². The molecule has 0 bridgehead atoms. The number of aliphatic hydroxyl groups is 1. The molecule has 5 rings (SSSR count). The van der Waals surface area contributed by atoms with Crippen LogP contribution in [-0.2, 0) is 23.2 Å². The van der Waals surface area contributed by atoms with Crippen LogP contribution in [0.2, 0.25) is 0 Å². The number of carbonyl (C=O) groups is 2. The van der Waals surface area contributed by atoms with E-state index in [1.54, 1.807) is 31.0 Å².